The Labute approximate surface area is 290 Å². The SMILES string of the molecule is CC(C)CCCCC(c1ccccc1)(c1ccccc1)[PH](O)(O)O.CC(C)CCCCCOP(Oc1ccccc1)Oc1ccccc1. The van der Waals surface area contributed by atoms with Crippen molar-refractivity contribution in [1.29, 1.82) is 0 Å². The van der Waals surface area contributed by atoms with E-state index in [4.69, 9.17) is 13.6 Å². The van der Waals surface area contributed by atoms with Crippen molar-refractivity contribution in [1.82, 2.24) is 0 Å². The van der Waals surface area contributed by atoms with Gasteiger partial charge in [0.1, 0.15) is 11.5 Å². The predicted octanol–water partition coefficient (Wildman–Crippen LogP) is 11.2. The van der Waals surface area contributed by atoms with Crippen LogP contribution in [0.4, 0.5) is 0 Å². The molecule has 0 radical (unpaired) electrons. The first-order valence-electron chi connectivity index (χ1n) is 17.3. The maximum Gasteiger partial charge on any atom is 0.463 e. The van der Waals surface area contributed by atoms with E-state index in [2.05, 4.69) is 27.7 Å². The molecule has 8 heteroatoms. The second-order valence-corrected chi connectivity index (χ2v) is 16.2. The van der Waals surface area contributed by atoms with E-state index in [0.717, 1.165) is 54.2 Å². The first kappa shape index (κ1) is 39.6. The van der Waals surface area contributed by atoms with Gasteiger partial charge in [0, 0.05) is 0 Å². The Morgan fingerprint density at radius 2 is 0.938 bits per heavy atom. The molecule has 4 rings (SSSR count). The molecule has 0 fully saturated rings. The van der Waals surface area contributed by atoms with Crippen molar-refractivity contribution in [2.75, 3.05) is 6.61 Å². The fraction of sp³-hybridized carbons (Fsp3) is 0.400. The van der Waals surface area contributed by atoms with Crippen molar-refractivity contribution in [3.8, 4) is 11.5 Å². The molecule has 4 aromatic carbocycles. The third-order valence-corrected chi connectivity index (χ3v) is 11.2. The van der Waals surface area contributed by atoms with Gasteiger partial charge in [-0.1, -0.05) is 69.5 Å². The summed E-state index contributed by atoms with van der Waals surface area (Å²) in [4.78, 5) is 31.5. The molecule has 0 amide bonds. The van der Waals surface area contributed by atoms with Gasteiger partial charge in [-0.3, -0.25) is 4.52 Å². The molecule has 4 aromatic rings. The van der Waals surface area contributed by atoms with Crippen LogP contribution in [0.15, 0.2) is 121 Å². The van der Waals surface area contributed by atoms with Crippen molar-refractivity contribution >= 4 is 16.5 Å². The second kappa shape index (κ2) is 21.3. The average Bonchev–Trinajstić information content (AvgIpc) is 3.07. The monoisotopic (exact) mass is 694 g/mol. The second-order valence-electron chi connectivity index (χ2n) is 13.0. The summed E-state index contributed by atoms with van der Waals surface area (Å²) in [5, 5.41) is -1.13. The summed E-state index contributed by atoms with van der Waals surface area (Å²) in [7, 11) is -5.94. The molecular weight excluding hydrogens is 638 g/mol. The summed E-state index contributed by atoms with van der Waals surface area (Å²) >= 11 is 0. The van der Waals surface area contributed by atoms with Crippen LogP contribution in [0, 0.1) is 11.8 Å². The fourth-order valence-corrected chi connectivity index (χ4v) is 8.20. The summed E-state index contributed by atoms with van der Waals surface area (Å²) < 4.78 is 17.6. The number of hydrogen-bond donors (Lipinski definition) is 3. The normalized spacial score (nSPS) is 12.1. The molecule has 0 heterocycles. The molecule has 6 nitrogen and oxygen atoms in total. The summed E-state index contributed by atoms with van der Waals surface area (Å²) in [5.74, 6) is 2.91. The summed E-state index contributed by atoms with van der Waals surface area (Å²) in [5.41, 5.74) is 1.53. The van der Waals surface area contributed by atoms with Crippen molar-refractivity contribution in [2.45, 2.75) is 84.2 Å². The Kier molecular flexibility index (Phi) is 17.6. The molecule has 0 aliphatic rings. The quantitative estimate of drug-likeness (QED) is 0.0669. The minimum atomic E-state index is -4.50. The van der Waals surface area contributed by atoms with Gasteiger partial charge >= 0.3 is 154 Å². The average molecular weight is 695 g/mol. The van der Waals surface area contributed by atoms with Crippen molar-refractivity contribution in [3.05, 3.63) is 132 Å². The molecule has 262 valence electrons. The Morgan fingerprint density at radius 3 is 1.33 bits per heavy atom. The van der Waals surface area contributed by atoms with Gasteiger partial charge in [-0.2, -0.15) is 0 Å². The van der Waals surface area contributed by atoms with E-state index >= 15 is 0 Å². The molecule has 0 unspecified atom stereocenters. The zero-order valence-electron chi connectivity index (χ0n) is 29.1. The van der Waals surface area contributed by atoms with Crippen molar-refractivity contribution in [2.24, 2.45) is 11.8 Å². The van der Waals surface area contributed by atoms with Crippen LogP contribution in [0.25, 0.3) is 0 Å². The maximum atomic E-state index is 10.5. The van der Waals surface area contributed by atoms with Gasteiger partial charge in [-0.25, -0.2) is 0 Å². The van der Waals surface area contributed by atoms with Crippen LogP contribution in [-0.4, -0.2) is 21.3 Å². The Balaban J connectivity index is 0.000000260. The summed E-state index contributed by atoms with van der Waals surface area (Å²) in [6.45, 7) is 9.55. The van der Waals surface area contributed by atoms with E-state index in [1.165, 1.54) is 19.3 Å². The molecule has 0 bridgehead atoms. The van der Waals surface area contributed by atoms with Gasteiger partial charge in [0.25, 0.3) is 0 Å². The molecule has 0 saturated heterocycles. The molecule has 0 saturated carbocycles. The van der Waals surface area contributed by atoms with Crippen LogP contribution >= 0.6 is 16.5 Å². The molecule has 0 aromatic heterocycles. The van der Waals surface area contributed by atoms with Gasteiger partial charge in [0.05, 0.1) is 6.61 Å². The van der Waals surface area contributed by atoms with Gasteiger partial charge < -0.3 is 9.05 Å². The van der Waals surface area contributed by atoms with Gasteiger partial charge in [0.2, 0.25) is 0 Å². The minimum absolute atomic E-state index is 0.517. The van der Waals surface area contributed by atoms with Crippen LogP contribution < -0.4 is 9.05 Å². The maximum absolute atomic E-state index is 10.5. The third kappa shape index (κ3) is 13.6. The molecule has 0 spiro atoms. The topological polar surface area (TPSA) is 88.4 Å². The Morgan fingerprint density at radius 1 is 0.542 bits per heavy atom. The molecule has 0 atom stereocenters. The minimum Gasteiger partial charge on any atom is -0.418 e. The van der Waals surface area contributed by atoms with Gasteiger partial charge in [-0.15, -0.1) is 0 Å². The van der Waals surface area contributed by atoms with E-state index in [1.807, 2.05) is 121 Å². The van der Waals surface area contributed by atoms with Gasteiger partial charge in [0.15, 0.2) is 0 Å². The first-order valence-corrected chi connectivity index (χ1v) is 20.2. The summed E-state index contributed by atoms with van der Waals surface area (Å²) in [6.07, 6.45) is 8.18. The Bertz CT molecular complexity index is 1290. The zero-order valence-corrected chi connectivity index (χ0v) is 31.0. The number of para-hydroxylation sites is 2. The van der Waals surface area contributed by atoms with Gasteiger partial charge in [-0.05, 0) is 36.6 Å². The van der Waals surface area contributed by atoms with Crippen LogP contribution in [0.5, 0.6) is 11.5 Å². The molecule has 48 heavy (non-hydrogen) atoms. The predicted molar refractivity (Wildman–Crippen MR) is 202 cm³/mol. The fourth-order valence-electron chi connectivity index (χ4n) is 5.58. The number of hydrogen-bond acceptors (Lipinski definition) is 6. The molecule has 3 N–H and O–H groups in total. The molecular formula is C40H56O6P2. The van der Waals surface area contributed by atoms with Crippen molar-refractivity contribution < 1.29 is 28.3 Å². The number of unbranched alkanes of at least 4 members (excludes halogenated alkanes) is 3. The van der Waals surface area contributed by atoms with E-state index in [-0.39, 0.29) is 0 Å². The molecule has 0 aliphatic heterocycles. The smallest absolute Gasteiger partial charge is 0.418 e. The van der Waals surface area contributed by atoms with Crippen LogP contribution in [0.3, 0.4) is 0 Å². The summed E-state index contributed by atoms with van der Waals surface area (Å²) in [6, 6.07) is 38.1. The zero-order chi connectivity index (χ0) is 34.7. The van der Waals surface area contributed by atoms with Crippen LogP contribution in [0.2, 0.25) is 0 Å². The van der Waals surface area contributed by atoms with E-state index in [0.29, 0.717) is 18.9 Å². The largest absolute Gasteiger partial charge is 0.463 e. The third-order valence-electron chi connectivity index (χ3n) is 8.16. The van der Waals surface area contributed by atoms with E-state index in [1.54, 1.807) is 0 Å². The van der Waals surface area contributed by atoms with E-state index < -0.39 is 21.7 Å². The van der Waals surface area contributed by atoms with Crippen molar-refractivity contribution in [3.63, 3.8) is 0 Å². The Hall–Kier alpha value is -2.82. The molecule has 0 aliphatic carbocycles. The first-order chi connectivity index (χ1) is 23.1. The number of rotatable bonds is 19. The number of benzene rings is 4. The van der Waals surface area contributed by atoms with Crippen LogP contribution in [-0.2, 0) is 9.68 Å². The van der Waals surface area contributed by atoms with Crippen LogP contribution in [0.1, 0.15) is 90.2 Å². The van der Waals surface area contributed by atoms with E-state index in [9.17, 15) is 14.7 Å². The standard InChI is InChI=1S/C20H27O3P.C20H29O3P/c1-18(2)12-6-5-11-17-21-24(22-19-13-7-3-8-14-19)23-20-15-9-4-10-16-20;1-17(2)11-9-10-16-20(24(21,22)23,18-12-5-3-6-13-18)19-14-7-4-8-15-19/h3-4,7-10,13-16,18H,5-6,11-12,17H2,1-2H3;3-8,12-15,17,21-24H,9-11,16H2,1-2H3.